The van der Waals surface area contributed by atoms with E-state index in [1.807, 2.05) is 6.92 Å². The summed E-state index contributed by atoms with van der Waals surface area (Å²) in [6.07, 6.45) is 2.72. The van der Waals surface area contributed by atoms with Gasteiger partial charge in [0.2, 0.25) is 0 Å². The summed E-state index contributed by atoms with van der Waals surface area (Å²) in [5, 5.41) is 0. The average Bonchev–Trinajstić information content (AvgIpc) is 2.32. The van der Waals surface area contributed by atoms with Crippen molar-refractivity contribution in [3.8, 4) is 0 Å². The van der Waals surface area contributed by atoms with Gasteiger partial charge in [-0.2, -0.15) is 0 Å². The van der Waals surface area contributed by atoms with Crippen molar-refractivity contribution < 1.29 is 19.1 Å². The lowest BCUT2D eigenvalue weighted by Crippen LogP contribution is -2.40. The smallest absolute Gasteiger partial charge is 0.341 e. The fourth-order valence-electron chi connectivity index (χ4n) is 2.93. The Balaban J connectivity index is 2.49. The van der Waals surface area contributed by atoms with Crippen molar-refractivity contribution in [2.45, 2.75) is 46.0 Å². The van der Waals surface area contributed by atoms with Crippen LogP contribution in [0, 0.1) is 5.41 Å². The molecule has 0 aliphatic heterocycles. The molecule has 0 aromatic heterocycles. The number of fused-ring (bicyclic) bond motifs is 1. The van der Waals surface area contributed by atoms with E-state index in [0.717, 1.165) is 6.42 Å². The molecule has 0 aromatic rings. The van der Waals surface area contributed by atoms with Gasteiger partial charge < -0.3 is 4.74 Å². The van der Waals surface area contributed by atoms with Gasteiger partial charge in [0.25, 0.3) is 0 Å². The van der Waals surface area contributed by atoms with Crippen molar-refractivity contribution >= 4 is 17.5 Å². The molecular formula is C14H18O4. The number of carbonyl (C=O) groups is 3. The first-order chi connectivity index (χ1) is 8.50. The molecule has 0 saturated heterocycles. The number of esters is 1. The molecule has 2 rings (SSSR count). The Morgan fingerprint density at radius 1 is 1.28 bits per heavy atom. The molecule has 1 fully saturated rings. The second kappa shape index (κ2) is 4.67. The van der Waals surface area contributed by atoms with E-state index in [9.17, 15) is 14.4 Å². The minimum absolute atomic E-state index is 0.151. The molecule has 0 spiro atoms. The maximum Gasteiger partial charge on any atom is 0.341 e. The summed E-state index contributed by atoms with van der Waals surface area (Å²) in [5.74, 6) is -0.577. The molecule has 2 aliphatic carbocycles. The topological polar surface area (TPSA) is 60.4 Å². The normalized spacial score (nSPS) is 28.1. The first-order valence-corrected chi connectivity index (χ1v) is 6.48. The van der Waals surface area contributed by atoms with Gasteiger partial charge in [-0.05, 0) is 38.7 Å². The third-order valence-electron chi connectivity index (χ3n) is 4.02. The summed E-state index contributed by atoms with van der Waals surface area (Å²) in [7, 11) is 0. The van der Waals surface area contributed by atoms with Crippen molar-refractivity contribution in [3.63, 3.8) is 0 Å². The Morgan fingerprint density at radius 3 is 2.67 bits per heavy atom. The molecule has 0 bridgehead atoms. The monoisotopic (exact) mass is 250 g/mol. The van der Waals surface area contributed by atoms with E-state index in [4.69, 9.17) is 4.74 Å². The number of Topliss-reactive ketones (excluding diaryl/α,β-unsaturated/α-hetero) is 2. The van der Waals surface area contributed by atoms with E-state index in [-0.39, 0.29) is 30.2 Å². The van der Waals surface area contributed by atoms with Gasteiger partial charge in [-0.25, -0.2) is 4.79 Å². The number of carbonyl (C=O) groups excluding carboxylic acids is 3. The molecule has 18 heavy (non-hydrogen) atoms. The lowest BCUT2D eigenvalue weighted by molar-refractivity contribution is -0.140. The van der Waals surface area contributed by atoms with Crippen molar-refractivity contribution in [2.24, 2.45) is 5.41 Å². The third kappa shape index (κ3) is 1.89. The first kappa shape index (κ1) is 13.0. The van der Waals surface area contributed by atoms with Gasteiger partial charge in [0.05, 0.1) is 6.61 Å². The number of allylic oxidation sites excluding steroid dienone is 1. The summed E-state index contributed by atoms with van der Waals surface area (Å²) >= 11 is 0. The molecule has 2 aliphatic rings. The number of hydrogen-bond acceptors (Lipinski definition) is 4. The highest BCUT2D eigenvalue weighted by atomic mass is 16.5. The van der Waals surface area contributed by atoms with E-state index in [0.29, 0.717) is 24.8 Å². The molecule has 0 N–H and O–H groups in total. The highest BCUT2D eigenvalue weighted by Gasteiger charge is 2.46. The quantitative estimate of drug-likeness (QED) is 0.555. The molecule has 1 saturated carbocycles. The highest BCUT2D eigenvalue weighted by molar-refractivity contribution is 6.19. The van der Waals surface area contributed by atoms with Crippen LogP contribution in [-0.2, 0) is 19.1 Å². The van der Waals surface area contributed by atoms with E-state index in [2.05, 4.69) is 0 Å². The van der Waals surface area contributed by atoms with Crippen LogP contribution in [-0.4, -0.2) is 24.1 Å². The molecule has 0 radical (unpaired) electrons. The van der Waals surface area contributed by atoms with Crippen molar-refractivity contribution in [3.05, 3.63) is 11.1 Å². The predicted molar refractivity (Wildman–Crippen MR) is 64.9 cm³/mol. The van der Waals surface area contributed by atoms with E-state index >= 15 is 0 Å². The van der Waals surface area contributed by atoms with Gasteiger partial charge in [-0.3, -0.25) is 9.59 Å². The standard InChI is InChI=1S/C14H18O4/c1-3-18-13(17)12-9-5-4-6-11(16)14(9,2)8-7-10(12)15/h3-8H2,1-2H3. The molecule has 1 unspecified atom stereocenters. The summed E-state index contributed by atoms with van der Waals surface area (Å²) in [6, 6.07) is 0. The van der Waals surface area contributed by atoms with Crippen molar-refractivity contribution in [1.29, 1.82) is 0 Å². The summed E-state index contributed by atoms with van der Waals surface area (Å²) < 4.78 is 4.95. The number of hydrogen-bond donors (Lipinski definition) is 0. The van der Waals surface area contributed by atoms with Gasteiger partial charge in [0.15, 0.2) is 5.78 Å². The third-order valence-corrected chi connectivity index (χ3v) is 4.02. The zero-order valence-corrected chi connectivity index (χ0v) is 10.9. The summed E-state index contributed by atoms with van der Waals surface area (Å²) in [4.78, 5) is 35.9. The molecule has 4 nitrogen and oxygen atoms in total. The van der Waals surface area contributed by atoms with Gasteiger partial charge in [-0.1, -0.05) is 0 Å². The van der Waals surface area contributed by atoms with Crippen LogP contribution in [0.25, 0.3) is 0 Å². The van der Waals surface area contributed by atoms with Crippen LogP contribution >= 0.6 is 0 Å². The number of ketones is 2. The maximum atomic E-state index is 12.1. The fraction of sp³-hybridized carbons (Fsp3) is 0.643. The van der Waals surface area contributed by atoms with Crippen molar-refractivity contribution in [1.82, 2.24) is 0 Å². The van der Waals surface area contributed by atoms with Gasteiger partial charge in [0.1, 0.15) is 11.4 Å². The first-order valence-electron chi connectivity index (χ1n) is 6.48. The van der Waals surface area contributed by atoms with Crippen LogP contribution in [0.1, 0.15) is 46.0 Å². The average molecular weight is 250 g/mol. The Hall–Kier alpha value is -1.45. The minimum Gasteiger partial charge on any atom is -0.462 e. The molecule has 4 heteroatoms. The van der Waals surface area contributed by atoms with E-state index in [1.54, 1.807) is 6.92 Å². The fourth-order valence-corrected chi connectivity index (χ4v) is 2.93. The van der Waals surface area contributed by atoms with Gasteiger partial charge in [0, 0.05) is 18.3 Å². The lowest BCUT2D eigenvalue weighted by Gasteiger charge is -2.39. The predicted octanol–water partition coefficient (Wildman–Crippen LogP) is 1.97. The van der Waals surface area contributed by atoms with Crippen LogP contribution in [0.15, 0.2) is 11.1 Å². The van der Waals surface area contributed by atoms with E-state index in [1.165, 1.54) is 0 Å². The zero-order valence-electron chi connectivity index (χ0n) is 10.9. The Kier molecular flexibility index (Phi) is 3.37. The molecule has 0 aromatic carbocycles. The van der Waals surface area contributed by atoms with Crippen LogP contribution in [0.5, 0.6) is 0 Å². The van der Waals surface area contributed by atoms with Gasteiger partial charge >= 0.3 is 5.97 Å². The van der Waals surface area contributed by atoms with Crippen LogP contribution in [0.4, 0.5) is 0 Å². The molecular weight excluding hydrogens is 232 g/mol. The van der Waals surface area contributed by atoms with Crippen LogP contribution in [0.2, 0.25) is 0 Å². The summed E-state index contributed by atoms with van der Waals surface area (Å²) in [5.41, 5.74) is 0.251. The highest BCUT2D eigenvalue weighted by Crippen LogP contribution is 2.46. The van der Waals surface area contributed by atoms with Crippen molar-refractivity contribution in [2.75, 3.05) is 6.61 Å². The Bertz CT molecular complexity index is 447. The second-order valence-corrected chi connectivity index (χ2v) is 5.11. The zero-order chi connectivity index (χ0) is 13.3. The number of rotatable bonds is 2. The maximum absolute atomic E-state index is 12.1. The Labute approximate surface area is 106 Å². The molecule has 98 valence electrons. The van der Waals surface area contributed by atoms with Crippen LogP contribution in [0.3, 0.4) is 0 Å². The molecule has 0 amide bonds. The lowest BCUT2D eigenvalue weighted by atomic mass is 9.63. The SMILES string of the molecule is CCOC(=O)C1=C2CCCC(=O)C2(C)CCC1=O. The largest absolute Gasteiger partial charge is 0.462 e. The number of ether oxygens (including phenoxy) is 1. The molecule has 1 atom stereocenters. The molecule has 0 heterocycles. The van der Waals surface area contributed by atoms with Crippen LogP contribution < -0.4 is 0 Å². The second-order valence-electron chi connectivity index (χ2n) is 5.11. The van der Waals surface area contributed by atoms with E-state index < -0.39 is 11.4 Å². The Morgan fingerprint density at radius 2 is 2.00 bits per heavy atom. The minimum atomic E-state index is -0.617. The van der Waals surface area contributed by atoms with Gasteiger partial charge in [-0.15, -0.1) is 0 Å². The summed E-state index contributed by atoms with van der Waals surface area (Å²) in [6.45, 7) is 3.81.